The highest BCUT2D eigenvalue weighted by Gasteiger charge is 2.31. The summed E-state index contributed by atoms with van der Waals surface area (Å²) in [5.41, 5.74) is 7.92. The van der Waals surface area contributed by atoms with E-state index in [4.69, 9.17) is 9.53 Å². The van der Waals surface area contributed by atoms with E-state index in [2.05, 4.69) is 75.9 Å². The van der Waals surface area contributed by atoms with Gasteiger partial charge in [-0.05, 0) is 87.4 Å². The molecule has 0 saturated carbocycles. The number of nitrogens with zero attached hydrogens (tertiary/aromatic N) is 5. The highest BCUT2D eigenvalue weighted by Crippen LogP contribution is 2.45. The zero-order chi connectivity index (χ0) is 59.4. The Bertz CT molecular complexity index is 3210. The first-order valence-corrected chi connectivity index (χ1v) is 30.6. The highest BCUT2D eigenvalue weighted by molar-refractivity contribution is 7.89. The zero-order valence-electron chi connectivity index (χ0n) is 48.4. The van der Waals surface area contributed by atoms with Crippen molar-refractivity contribution in [1.82, 2.24) is 40.4 Å². The fourth-order valence-corrected chi connectivity index (χ4v) is 11.3. The number of thiazole rings is 1. The number of hydrogen-bond acceptors (Lipinski definition) is 13. The summed E-state index contributed by atoms with van der Waals surface area (Å²) in [6.07, 6.45) is 13.8. The molecular formula is C60H81F2N9O8S2. The lowest BCUT2D eigenvalue weighted by molar-refractivity contribution is -0.132. The molecule has 8 rings (SSSR count). The molecule has 1 saturated heterocycles. The molecule has 0 aliphatic carbocycles. The number of halogens is 2. The number of rotatable bonds is 22. The molecule has 2 aromatic carbocycles. The molecule has 0 radical (unpaired) electrons. The van der Waals surface area contributed by atoms with Crippen molar-refractivity contribution in [2.45, 2.75) is 137 Å². The van der Waals surface area contributed by atoms with Gasteiger partial charge in [-0.15, -0.1) is 11.3 Å². The van der Waals surface area contributed by atoms with Crippen LogP contribution >= 0.6 is 11.3 Å². The maximum Gasteiger partial charge on any atom is 0.274 e. The fraction of sp³-hybridized carbons (Fsp3) is 0.483. The molecule has 0 spiro atoms. The number of likely N-dealkylation sites (tertiary alicyclic amines) is 1. The van der Waals surface area contributed by atoms with E-state index in [1.54, 1.807) is 41.7 Å². The van der Waals surface area contributed by atoms with Crippen LogP contribution in [-0.4, -0.2) is 109 Å². The average Bonchev–Trinajstić information content (AvgIpc) is 4.37. The number of amides is 3. The monoisotopic (exact) mass is 1160 g/mol. The van der Waals surface area contributed by atoms with Crippen LogP contribution in [0.3, 0.4) is 0 Å². The van der Waals surface area contributed by atoms with Crippen LogP contribution in [0.15, 0.2) is 71.4 Å². The Kier molecular flexibility index (Phi) is 25.3. The molecule has 81 heavy (non-hydrogen) atoms. The van der Waals surface area contributed by atoms with Crippen LogP contribution in [0.1, 0.15) is 132 Å². The second-order valence-corrected chi connectivity index (χ2v) is 24.4. The van der Waals surface area contributed by atoms with Gasteiger partial charge < -0.3 is 44.8 Å². The van der Waals surface area contributed by atoms with Crippen molar-refractivity contribution < 1.29 is 41.1 Å². The summed E-state index contributed by atoms with van der Waals surface area (Å²) in [7, 11) is -0.0808. The number of benzene rings is 2. The normalized spacial score (nSPS) is 13.6. The third kappa shape index (κ3) is 19.2. The molecule has 2 aliphatic rings. The van der Waals surface area contributed by atoms with Gasteiger partial charge in [0.1, 0.15) is 18.1 Å². The number of ether oxygens (including phenoxy) is 1. The Labute approximate surface area is 479 Å². The number of carbonyl (C=O) groups excluding carboxylic acids is 4. The van der Waals surface area contributed by atoms with E-state index in [-0.39, 0.29) is 59.6 Å². The molecule has 6 aromatic rings. The number of pyridine rings is 2. The first-order valence-electron chi connectivity index (χ1n) is 27.7. The van der Waals surface area contributed by atoms with Crippen LogP contribution in [-0.2, 0) is 54.8 Å². The highest BCUT2D eigenvalue weighted by atomic mass is 32.2. The van der Waals surface area contributed by atoms with E-state index in [1.807, 2.05) is 40.1 Å². The Balaban J connectivity index is 0.000000480. The van der Waals surface area contributed by atoms with Gasteiger partial charge in [-0.25, -0.2) is 27.2 Å². The maximum absolute atomic E-state index is 15.4. The van der Waals surface area contributed by atoms with Crippen molar-refractivity contribution >= 4 is 68.1 Å². The number of sulfone groups is 1. The van der Waals surface area contributed by atoms with Gasteiger partial charge in [0, 0.05) is 86.4 Å². The van der Waals surface area contributed by atoms with E-state index in [0.29, 0.717) is 65.8 Å². The molecule has 4 N–H and O–H groups in total. The summed E-state index contributed by atoms with van der Waals surface area (Å²) in [5, 5.41) is 9.39. The van der Waals surface area contributed by atoms with Crippen molar-refractivity contribution in [2.75, 3.05) is 44.4 Å². The van der Waals surface area contributed by atoms with Crippen molar-refractivity contribution in [3.05, 3.63) is 117 Å². The van der Waals surface area contributed by atoms with Crippen LogP contribution in [0.4, 0.5) is 20.3 Å². The number of fused-ring (bicyclic) bond motifs is 2. The first-order chi connectivity index (χ1) is 38.6. The smallest absolute Gasteiger partial charge is 0.274 e. The second kappa shape index (κ2) is 31.5. The predicted octanol–water partition coefficient (Wildman–Crippen LogP) is 10.1. The van der Waals surface area contributed by atoms with E-state index < -0.39 is 33.1 Å². The SMILES string of the molecule is C=O.CC(C)C.CC(C)OC1CCN(C(=O)CNC(=O)CCCCCCCCCCNC(=O)c2cc3c(cc2CS(C)(=O)=O)-c2cn(C)c(=O)c4[nH]cc(c24)CN3c2ncc(F)cc2F)C1.CNCc1ccc(-c2scnc2C)cc1. The number of carbonyl (C=O) groups is 4. The topological polar surface area (TPSA) is 218 Å². The number of aromatic amines is 1. The molecule has 4 aromatic heterocycles. The lowest BCUT2D eigenvalue weighted by Gasteiger charge is -2.26. The summed E-state index contributed by atoms with van der Waals surface area (Å²) < 4.78 is 62.0. The minimum atomic E-state index is -3.63. The van der Waals surface area contributed by atoms with Crippen LogP contribution in [0.5, 0.6) is 0 Å². The molecule has 0 bridgehead atoms. The molecule has 21 heteroatoms. The van der Waals surface area contributed by atoms with Gasteiger partial charge in [0.05, 0.1) is 59.0 Å². The molecule has 2 aliphatic heterocycles. The van der Waals surface area contributed by atoms with Crippen LogP contribution in [0.2, 0.25) is 0 Å². The van der Waals surface area contributed by atoms with Gasteiger partial charge in [-0.1, -0.05) is 83.6 Å². The van der Waals surface area contributed by atoms with Crippen molar-refractivity contribution in [3.63, 3.8) is 0 Å². The molecular weight excluding hydrogens is 1080 g/mol. The van der Waals surface area contributed by atoms with Crippen molar-refractivity contribution in [1.29, 1.82) is 0 Å². The Morgan fingerprint density at radius 2 is 1.59 bits per heavy atom. The third-order valence-electron chi connectivity index (χ3n) is 13.3. The number of H-pyrrole nitrogens is 1. The van der Waals surface area contributed by atoms with Crippen LogP contribution in [0.25, 0.3) is 32.5 Å². The summed E-state index contributed by atoms with van der Waals surface area (Å²) >= 11 is 1.70. The lowest BCUT2D eigenvalue weighted by atomic mass is 9.96. The second-order valence-electron chi connectivity index (χ2n) is 21.4. The average molecular weight is 1160 g/mol. The van der Waals surface area contributed by atoms with E-state index in [9.17, 15) is 32.0 Å². The van der Waals surface area contributed by atoms with Crippen LogP contribution in [0, 0.1) is 24.5 Å². The fourth-order valence-electron chi connectivity index (χ4n) is 9.65. The molecule has 6 heterocycles. The number of aryl methyl sites for hydroxylation is 2. The lowest BCUT2D eigenvalue weighted by Crippen LogP contribution is -2.39. The van der Waals surface area contributed by atoms with Gasteiger partial charge in [0.25, 0.3) is 11.5 Å². The Morgan fingerprint density at radius 3 is 2.21 bits per heavy atom. The summed E-state index contributed by atoms with van der Waals surface area (Å²) in [6.45, 7) is 17.0. The molecule has 1 atom stereocenters. The number of hydrogen-bond donors (Lipinski definition) is 4. The van der Waals surface area contributed by atoms with Crippen molar-refractivity contribution in [2.24, 2.45) is 13.0 Å². The van der Waals surface area contributed by atoms with Gasteiger partial charge in [-0.2, -0.15) is 0 Å². The zero-order valence-corrected chi connectivity index (χ0v) is 50.0. The van der Waals surface area contributed by atoms with E-state index >= 15 is 4.39 Å². The van der Waals surface area contributed by atoms with E-state index in [0.717, 1.165) is 88.0 Å². The summed E-state index contributed by atoms with van der Waals surface area (Å²) in [6, 6.07) is 12.5. The molecule has 3 amide bonds. The quantitative estimate of drug-likeness (QED) is 0.0467. The molecule has 17 nitrogen and oxygen atoms in total. The Hall–Kier alpha value is -6.68. The van der Waals surface area contributed by atoms with Crippen molar-refractivity contribution in [3.8, 4) is 21.6 Å². The largest absolute Gasteiger partial charge is 0.374 e. The number of unbranched alkanes of at least 4 members (excludes halogenated alkanes) is 7. The van der Waals surface area contributed by atoms with Gasteiger partial charge in [0.2, 0.25) is 11.8 Å². The number of aromatic nitrogens is 4. The third-order valence-corrected chi connectivity index (χ3v) is 15.1. The first kappa shape index (κ1) is 65.1. The van der Waals surface area contributed by atoms with Gasteiger partial charge in [-0.3, -0.25) is 19.2 Å². The van der Waals surface area contributed by atoms with E-state index in [1.165, 1.54) is 31.5 Å². The summed E-state index contributed by atoms with van der Waals surface area (Å²) in [4.78, 5) is 75.5. The minimum absolute atomic E-state index is 0.00825. The standard InChI is InChI=1S/C43H55F2N7O7S.C12H14N2S.C4H10.CH2O/c1-27(2)59-31-14-16-51(24-31)38(54)22-47-37(53)13-11-9-7-5-6-8-10-12-15-46-42(55)32-19-36-33(17-28(32)26-60(4,57)58)34-25-50(3)43(56)40-39(34)29(20-48-40)23-52(36)41-35(45)18-30(44)21-49-41;1-9-12(15-8-14-9)11-5-3-10(4-6-11)7-13-2;1-4(2)3;1-2/h17-21,25,27,31,48H,5-16,22-24,26H2,1-4H3,(H,46,55)(H,47,53);3-6,8,13H,7H2,1-2H3;4H,1-3H3;1H2. The molecule has 440 valence electrons. The van der Waals surface area contributed by atoms with Gasteiger partial charge >= 0.3 is 0 Å². The summed E-state index contributed by atoms with van der Waals surface area (Å²) in [5.74, 6) is -2.31. The Morgan fingerprint density at radius 1 is 0.926 bits per heavy atom. The number of nitrogens with one attached hydrogen (secondary N) is 4. The molecule has 1 fully saturated rings. The van der Waals surface area contributed by atoms with Gasteiger partial charge in [0.15, 0.2) is 21.5 Å². The minimum Gasteiger partial charge on any atom is -0.374 e. The predicted molar refractivity (Wildman–Crippen MR) is 318 cm³/mol. The number of anilines is 2. The maximum atomic E-state index is 15.4. The van der Waals surface area contributed by atoms with Crippen LogP contribution < -0.4 is 26.4 Å². The molecule has 1 unspecified atom stereocenters.